The highest BCUT2D eigenvalue weighted by Gasteiger charge is 2.35. The Morgan fingerprint density at radius 3 is 2.60 bits per heavy atom. The molecule has 8 nitrogen and oxygen atoms in total. The summed E-state index contributed by atoms with van der Waals surface area (Å²) < 4.78 is 56.8. The molecule has 0 amide bonds. The molecule has 0 N–H and O–H groups in total. The average Bonchev–Trinajstić information content (AvgIpc) is 3.33. The summed E-state index contributed by atoms with van der Waals surface area (Å²) in [5, 5.41) is 0.587. The van der Waals surface area contributed by atoms with Gasteiger partial charge in [0.15, 0.2) is 6.61 Å². The maximum Gasteiger partial charge on any atom is 0.431 e. The molecule has 0 aliphatic heterocycles. The number of aromatic nitrogens is 3. The van der Waals surface area contributed by atoms with Gasteiger partial charge in [0.05, 0.1) is 16.1 Å². The maximum absolute atomic E-state index is 13.3. The van der Waals surface area contributed by atoms with Crippen LogP contribution >= 0.6 is 11.5 Å². The molecule has 2 aromatic carbocycles. The fraction of sp³-hybridized carbons (Fsp3) is 0.214. The van der Waals surface area contributed by atoms with Crippen molar-refractivity contribution in [3.63, 3.8) is 0 Å². The number of aryl methyl sites for hydroxylation is 1. The average molecular weight is 572 g/mol. The molecule has 2 aromatic heterocycles. The Kier molecular flexibility index (Phi) is 8.38. The minimum atomic E-state index is -4.86. The number of hydrogen-bond donors (Lipinski definition) is 0. The van der Waals surface area contributed by atoms with Crippen molar-refractivity contribution in [3.8, 4) is 22.7 Å². The zero-order valence-electron chi connectivity index (χ0n) is 21.7. The van der Waals surface area contributed by atoms with E-state index < -0.39 is 29.1 Å². The Balaban J connectivity index is 1.65. The molecule has 0 fully saturated rings. The Morgan fingerprint density at radius 1 is 1.10 bits per heavy atom. The molecular formula is C28H24F3N3O5S. The van der Waals surface area contributed by atoms with Gasteiger partial charge in [-0.05, 0) is 67.4 Å². The van der Waals surface area contributed by atoms with Crippen LogP contribution < -0.4 is 16.0 Å². The highest BCUT2D eigenvalue weighted by atomic mass is 32.1. The molecule has 0 aliphatic carbocycles. The number of carbonyl (C=O) groups is 1. The van der Waals surface area contributed by atoms with Crippen molar-refractivity contribution in [1.29, 1.82) is 0 Å². The number of fused-ring (bicyclic) bond motifs is 1. The van der Waals surface area contributed by atoms with E-state index in [1.54, 1.807) is 36.4 Å². The monoisotopic (exact) mass is 571 g/mol. The Bertz CT molecular complexity index is 1750. The highest BCUT2D eigenvalue weighted by molar-refractivity contribution is 7.13. The highest BCUT2D eigenvalue weighted by Crippen LogP contribution is 2.35. The second-order valence-electron chi connectivity index (χ2n) is 8.66. The largest absolute Gasteiger partial charge is 0.482 e. The van der Waals surface area contributed by atoms with Gasteiger partial charge in [-0.15, -0.1) is 0 Å². The third kappa shape index (κ3) is 6.07. The van der Waals surface area contributed by atoms with Crippen LogP contribution in [-0.2, 0) is 22.8 Å². The summed E-state index contributed by atoms with van der Waals surface area (Å²) >= 11 is 1.18. The van der Waals surface area contributed by atoms with E-state index in [1.165, 1.54) is 23.7 Å². The lowest BCUT2D eigenvalue weighted by Crippen LogP contribution is -2.40. The van der Waals surface area contributed by atoms with Crippen LogP contribution in [0, 0.1) is 6.92 Å². The fourth-order valence-electron chi connectivity index (χ4n) is 3.91. The number of ether oxygens (including phenoxy) is 2. The fourth-order valence-corrected chi connectivity index (χ4v) is 4.68. The first kappa shape index (κ1) is 28.6. The summed E-state index contributed by atoms with van der Waals surface area (Å²) in [6.45, 7) is 3.54. The van der Waals surface area contributed by atoms with Crippen LogP contribution in [0.1, 0.15) is 18.2 Å². The second kappa shape index (κ2) is 11.7. The minimum Gasteiger partial charge on any atom is -0.482 e. The van der Waals surface area contributed by atoms with E-state index in [4.69, 9.17) is 9.47 Å². The van der Waals surface area contributed by atoms with Gasteiger partial charge in [-0.25, -0.2) is 14.2 Å². The van der Waals surface area contributed by atoms with Crippen LogP contribution in [-0.4, -0.2) is 32.7 Å². The number of alkyl halides is 3. The van der Waals surface area contributed by atoms with Crippen molar-refractivity contribution in [2.45, 2.75) is 20.0 Å². The molecule has 4 aromatic rings. The van der Waals surface area contributed by atoms with Crippen LogP contribution in [0.3, 0.4) is 0 Å². The molecule has 2 heterocycles. The molecule has 0 radical (unpaired) electrons. The van der Waals surface area contributed by atoms with Gasteiger partial charge >= 0.3 is 17.8 Å². The zero-order chi connectivity index (χ0) is 29.0. The van der Waals surface area contributed by atoms with Gasteiger partial charge in [-0.2, -0.15) is 17.5 Å². The molecule has 12 heteroatoms. The molecular weight excluding hydrogens is 547 g/mol. The molecule has 208 valence electrons. The van der Waals surface area contributed by atoms with Gasteiger partial charge in [-0.3, -0.25) is 9.36 Å². The molecule has 0 unspecified atom stereocenters. The van der Waals surface area contributed by atoms with E-state index in [2.05, 4.69) is 4.37 Å². The lowest BCUT2D eigenvalue weighted by atomic mass is 10.0. The van der Waals surface area contributed by atoms with Crippen LogP contribution in [0.15, 0.2) is 76.4 Å². The van der Waals surface area contributed by atoms with Crippen molar-refractivity contribution >= 4 is 27.6 Å². The van der Waals surface area contributed by atoms with E-state index >= 15 is 0 Å². The van der Waals surface area contributed by atoms with Crippen molar-refractivity contribution in [3.05, 3.63) is 98.9 Å². The summed E-state index contributed by atoms with van der Waals surface area (Å²) in [4.78, 5) is 37.4. The number of allylic oxidation sites excluding steroid dienone is 3. The second-order valence-corrected chi connectivity index (χ2v) is 9.46. The summed E-state index contributed by atoms with van der Waals surface area (Å²) in [6, 6.07) is 10.3. The van der Waals surface area contributed by atoms with E-state index in [-0.39, 0.29) is 18.9 Å². The number of hydrogen-bond acceptors (Lipinski definition) is 7. The normalized spacial score (nSPS) is 12.1. The molecule has 40 heavy (non-hydrogen) atoms. The summed E-state index contributed by atoms with van der Waals surface area (Å²) in [5.74, 6) is -0.147. The van der Waals surface area contributed by atoms with Crippen LogP contribution in [0.2, 0.25) is 0 Å². The number of carbonyl (C=O) groups excluding carboxylic acids is 1. The van der Waals surface area contributed by atoms with E-state index in [0.29, 0.717) is 37.6 Å². The van der Waals surface area contributed by atoms with E-state index in [1.807, 2.05) is 26.0 Å². The van der Waals surface area contributed by atoms with Crippen LogP contribution in [0.25, 0.3) is 27.0 Å². The number of rotatable bonds is 8. The first-order valence-electron chi connectivity index (χ1n) is 12.0. The van der Waals surface area contributed by atoms with Gasteiger partial charge in [-0.1, -0.05) is 24.3 Å². The SMILES string of the molecule is CC=CC=CCOC(=O)COc1ccc(C)c(-c2nsc3ccc(-n4c(=O)cc(C(F)(F)F)n(C)c4=O)cc23)c1. The summed E-state index contributed by atoms with van der Waals surface area (Å²) in [7, 11) is 0.961. The standard InChI is InChI=1S/C28H24F3N3O5S/c1-4-5-6-7-12-38-25(36)16-39-19-10-8-17(2)20(14-19)26-21-13-18(9-11-22(21)40-32-26)34-24(35)15-23(28(29,30)31)33(3)27(34)37/h4-11,13-15H,12,16H2,1-3H3. The van der Waals surface area contributed by atoms with Gasteiger partial charge in [0.2, 0.25) is 0 Å². The summed E-state index contributed by atoms with van der Waals surface area (Å²) in [5.41, 5.74) is -1.42. The number of esters is 1. The number of halogens is 3. The number of nitrogens with zero attached hydrogens (tertiary/aromatic N) is 3. The molecule has 0 atom stereocenters. The molecule has 4 rings (SSSR count). The third-order valence-electron chi connectivity index (χ3n) is 5.92. The summed E-state index contributed by atoms with van der Waals surface area (Å²) in [6.07, 6.45) is 2.25. The Hall–Kier alpha value is -4.45. The predicted molar refractivity (Wildman–Crippen MR) is 146 cm³/mol. The van der Waals surface area contributed by atoms with Crippen molar-refractivity contribution in [2.75, 3.05) is 13.2 Å². The molecule has 0 bridgehead atoms. The molecule has 0 saturated carbocycles. The zero-order valence-corrected chi connectivity index (χ0v) is 22.5. The van der Waals surface area contributed by atoms with Gasteiger partial charge in [0, 0.05) is 24.1 Å². The van der Waals surface area contributed by atoms with Crippen LogP contribution in [0.4, 0.5) is 13.2 Å². The lowest BCUT2D eigenvalue weighted by Gasteiger charge is -2.14. The van der Waals surface area contributed by atoms with Gasteiger partial charge < -0.3 is 9.47 Å². The van der Waals surface area contributed by atoms with E-state index in [0.717, 1.165) is 17.3 Å². The lowest BCUT2D eigenvalue weighted by molar-refractivity contribution is -0.145. The van der Waals surface area contributed by atoms with E-state index in [9.17, 15) is 27.6 Å². The maximum atomic E-state index is 13.3. The van der Waals surface area contributed by atoms with Gasteiger partial charge in [0.1, 0.15) is 18.1 Å². The topological polar surface area (TPSA) is 92.4 Å². The van der Waals surface area contributed by atoms with Crippen molar-refractivity contribution < 1.29 is 27.4 Å². The van der Waals surface area contributed by atoms with Crippen LogP contribution in [0.5, 0.6) is 5.75 Å². The quantitative estimate of drug-likeness (QED) is 0.213. The van der Waals surface area contributed by atoms with Gasteiger partial charge in [0.25, 0.3) is 5.56 Å². The first-order valence-corrected chi connectivity index (χ1v) is 12.8. The molecule has 0 spiro atoms. The van der Waals surface area contributed by atoms with Crippen molar-refractivity contribution in [2.24, 2.45) is 7.05 Å². The third-order valence-corrected chi connectivity index (χ3v) is 6.75. The minimum absolute atomic E-state index is 0.101. The Morgan fingerprint density at radius 2 is 1.88 bits per heavy atom. The smallest absolute Gasteiger partial charge is 0.431 e. The number of benzene rings is 2. The predicted octanol–water partition coefficient (Wildman–Crippen LogP) is 5.19. The molecule has 0 saturated heterocycles. The van der Waals surface area contributed by atoms with Crippen molar-refractivity contribution in [1.82, 2.24) is 13.5 Å². The molecule has 0 aliphatic rings. The first-order chi connectivity index (χ1) is 19.0. The Labute approximate surface area is 230 Å².